The van der Waals surface area contributed by atoms with E-state index in [2.05, 4.69) is 0 Å². The molecule has 0 bridgehead atoms. The van der Waals surface area contributed by atoms with Crippen LogP contribution in [-0.2, 0) is 20.9 Å². The first-order valence-corrected chi connectivity index (χ1v) is 10.8. The quantitative estimate of drug-likeness (QED) is 0.655. The first-order valence-electron chi connectivity index (χ1n) is 10.8. The molecule has 2 aromatic rings. The maximum atomic E-state index is 13.8. The molecular formula is C26H23FO4. The molecule has 0 saturated carbocycles. The average molecular weight is 418 g/mol. The molecule has 4 nitrogen and oxygen atoms in total. The van der Waals surface area contributed by atoms with Crippen molar-refractivity contribution < 1.29 is 23.5 Å². The van der Waals surface area contributed by atoms with Gasteiger partial charge >= 0.3 is 0 Å². The summed E-state index contributed by atoms with van der Waals surface area (Å²) in [5, 5.41) is 0. The molecule has 0 amide bonds. The van der Waals surface area contributed by atoms with Crippen LogP contribution in [0, 0.1) is 5.82 Å². The highest BCUT2D eigenvalue weighted by molar-refractivity contribution is 6.05. The minimum absolute atomic E-state index is 0.0658. The smallest absolute Gasteiger partial charge is 0.163 e. The summed E-state index contributed by atoms with van der Waals surface area (Å²) in [5.74, 6) is 1.52. The van der Waals surface area contributed by atoms with Crippen molar-refractivity contribution in [1.82, 2.24) is 0 Å². The van der Waals surface area contributed by atoms with Gasteiger partial charge in [-0.1, -0.05) is 30.3 Å². The number of hydrogen-bond acceptors (Lipinski definition) is 4. The maximum Gasteiger partial charge on any atom is 0.163 e. The van der Waals surface area contributed by atoms with Gasteiger partial charge < -0.3 is 9.47 Å². The second-order valence-corrected chi connectivity index (χ2v) is 8.21. The van der Waals surface area contributed by atoms with Crippen molar-refractivity contribution in [2.24, 2.45) is 0 Å². The average Bonchev–Trinajstić information content (AvgIpc) is 2.78. The van der Waals surface area contributed by atoms with Gasteiger partial charge in [0.2, 0.25) is 0 Å². The normalized spacial score (nSPS) is 19.1. The fourth-order valence-corrected chi connectivity index (χ4v) is 4.68. The van der Waals surface area contributed by atoms with Crippen LogP contribution in [0.1, 0.15) is 55.6 Å². The summed E-state index contributed by atoms with van der Waals surface area (Å²) in [4.78, 5) is 25.6. The van der Waals surface area contributed by atoms with E-state index in [1.54, 1.807) is 18.2 Å². The second kappa shape index (κ2) is 8.14. The number of halogens is 1. The summed E-state index contributed by atoms with van der Waals surface area (Å²) >= 11 is 0. The van der Waals surface area contributed by atoms with Gasteiger partial charge in [-0.15, -0.1) is 0 Å². The molecule has 0 fully saturated rings. The number of Topliss-reactive ketones (excluding diaryl/α,β-unsaturated/α-hetero) is 2. The van der Waals surface area contributed by atoms with E-state index in [1.165, 1.54) is 6.07 Å². The van der Waals surface area contributed by atoms with Gasteiger partial charge in [0.05, 0.1) is 0 Å². The molecule has 5 rings (SSSR count). The lowest BCUT2D eigenvalue weighted by molar-refractivity contribution is -0.117. The van der Waals surface area contributed by atoms with Crippen molar-refractivity contribution in [1.29, 1.82) is 0 Å². The molecule has 1 aliphatic heterocycles. The van der Waals surface area contributed by atoms with Crippen LogP contribution in [0.4, 0.5) is 4.39 Å². The van der Waals surface area contributed by atoms with Gasteiger partial charge in [0.1, 0.15) is 29.7 Å². The number of carbonyl (C=O) groups is 2. The van der Waals surface area contributed by atoms with Crippen LogP contribution >= 0.6 is 0 Å². The van der Waals surface area contributed by atoms with Crippen LogP contribution in [0.25, 0.3) is 0 Å². The minimum atomic E-state index is -0.375. The van der Waals surface area contributed by atoms with Crippen LogP contribution in [0.3, 0.4) is 0 Å². The van der Waals surface area contributed by atoms with Gasteiger partial charge in [-0.3, -0.25) is 9.59 Å². The van der Waals surface area contributed by atoms with Gasteiger partial charge in [0, 0.05) is 48.3 Å². The number of ketones is 2. The predicted octanol–water partition coefficient (Wildman–Crippen LogP) is 5.53. The Morgan fingerprint density at radius 3 is 2.06 bits per heavy atom. The summed E-state index contributed by atoms with van der Waals surface area (Å²) in [5.41, 5.74) is 2.65. The molecule has 5 heteroatoms. The Kier molecular flexibility index (Phi) is 5.18. The molecule has 3 aliphatic rings. The van der Waals surface area contributed by atoms with Gasteiger partial charge in [0.15, 0.2) is 11.6 Å². The fourth-order valence-electron chi connectivity index (χ4n) is 4.68. The third-order valence-corrected chi connectivity index (χ3v) is 6.21. The zero-order chi connectivity index (χ0) is 21.4. The topological polar surface area (TPSA) is 52.6 Å². The highest BCUT2D eigenvalue weighted by atomic mass is 19.1. The lowest BCUT2D eigenvalue weighted by atomic mass is 9.73. The van der Waals surface area contributed by atoms with Crippen LogP contribution in [-0.4, -0.2) is 11.6 Å². The Labute approximate surface area is 180 Å². The Hall–Kier alpha value is -3.21. The van der Waals surface area contributed by atoms with E-state index in [4.69, 9.17) is 9.47 Å². The van der Waals surface area contributed by atoms with E-state index in [-0.39, 0.29) is 29.9 Å². The van der Waals surface area contributed by atoms with E-state index in [9.17, 15) is 14.0 Å². The Morgan fingerprint density at radius 2 is 1.45 bits per heavy atom. The molecule has 0 spiro atoms. The zero-order valence-corrected chi connectivity index (χ0v) is 17.2. The number of hydrogen-bond donors (Lipinski definition) is 0. The summed E-state index contributed by atoms with van der Waals surface area (Å²) in [6.07, 6.45) is 3.99. The van der Waals surface area contributed by atoms with E-state index in [0.29, 0.717) is 35.3 Å². The summed E-state index contributed by atoms with van der Waals surface area (Å²) in [7, 11) is 0. The second-order valence-electron chi connectivity index (χ2n) is 8.21. The van der Waals surface area contributed by atoms with Crippen molar-refractivity contribution in [3.63, 3.8) is 0 Å². The first kappa shape index (κ1) is 19.7. The van der Waals surface area contributed by atoms with Crippen LogP contribution in [0.2, 0.25) is 0 Å². The molecule has 0 unspecified atom stereocenters. The van der Waals surface area contributed by atoms with E-state index in [0.717, 1.165) is 42.8 Å². The molecule has 0 N–H and O–H groups in total. The third-order valence-electron chi connectivity index (χ3n) is 6.21. The maximum absolute atomic E-state index is 13.8. The zero-order valence-electron chi connectivity index (χ0n) is 17.2. The summed E-state index contributed by atoms with van der Waals surface area (Å²) < 4.78 is 25.6. The monoisotopic (exact) mass is 418 g/mol. The molecule has 1 heterocycles. The van der Waals surface area contributed by atoms with Crippen LogP contribution in [0.15, 0.2) is 71.2 Å². The van der Waals surface area contributed by atoms with Gasteiger partial charge in [0.25, 0.3) is 0 Å². The molecule has 0 aromatic heterocycles. The number of ether oxygens (including phenoxy) is 2. The van der Waals surface area contributed by atoms with Crippen molar-refractivity contribution in [2.75, 3.05) is 0 Å². The molecule has 0 atom stereocenters. The molecule has 31 heavy (non-hydrogen) atoms. The van der Waals surface area contributed by atoms with Crippen molar-refractivity contribution in [3.8, 4) is 5.75 Å². The largest absolute Gasteiger partial charge is 0.489 e. The standard InChI is InChI=1S/C26H23FO4/c27-19-6-2-1-5-17(19)15-30-18-13-11-16(12-14-18)24-25-20(28)7-3-9-22(25)31-23-10-4-8-21(29)26(23)24/h1-2,5-6,11-14,24H,3-4,7-10,15H2. The number of rotatable bonds is 4. The minimum Gasteiger partial charge on any atom is -0.489 e. The van der Waals surface area contributed by atoms with Gasteiger partial charge in [-0.2, -0.15) is 0 Å². The summed E-state index contributed by atoms with van der Waals surface area (Å²) in [6.45, 7) is 0.130. The Bertz CT molecular complexity index is 1070. The SMILES string of the molecule is O=C1CCCC2=C1C(c1ccc(OCc3ccccc3F)cc1)C1=C(CCCC1=O)O2. The van der Waals surface area contributed by atoms with Crippen LogP contribution in [0.5, 0.6) is 5.75 Å². The molecular weight excluding hydrogens is 395 g/mol. The molecule has 0 saturated heterocycles. The molecule has 0 radical (unpaired) electrons. The number of benzene rings is 2. The Morgan fingerprint density at radius 1 is 0.839 bits per heavy atom. The van der Waals surface area contributed by atoms with Crippen molar-refractivity contribution >= 4 is 11.6 Å². The van der Waals surface area contributed by atoms with E-state index < -0.39 is 0 Å². The molecule has 158 valence electrons. The lowest BCUT2D eigenvalue weighted by Crippen LogP contribution is -2.30. The van der Waals surface area contributed by atoms with E-state index >= 15 is 0 Å². The first-order chi connectivity index (χ1) is 15.1. The van der Waals surface area contributed by atoms with Crippen LogP contribution < -0.4 is 4.74 Å². The predicted molar refractivity (Wildman–Crippen MR) is 113 cm³/mol. The molecule has 2 aromatic carbocycles. The Balaban J connectivity index is 1.45. The van der Waals surface area contributed by atoms with Crippen molar-refractivity contribution in [2.45, 2.75) is 51.0 Å². The number of allylic oxidation sites excluding steroid dienone is 4. The van der Waals surface area contributed by atoms with Gasteiger partial charge in [-0.05, 0) is 36.6 Å². The van der Waals surface area contributed by atoms with E-state index in [1.807, 2.05) is 24.3 Å². The lowest BCUT2D eigenvalue weighted by Gasteiger charge is -2.36. The molecule has 2 aliphatic carbocycles. The third kappa shape index (κ3) is 3.69. The highest BCUT2D eigenvalue weighted by Gasteiger charge is 2.41. The summed E-state index contributed by atoms with van der Waals surface area (Å²) in [6, 6.07) is 13.9. The van der Waals surface area contributed by atoms with Crippen molar-refractivity contribution in [3.05, 3.63) is 88.1 Å². The fraction of sp³-hybridized carbons (Fsp3) is 0.308. The van der Waals surface area contributed by atoms with Gasteiger partial charge in [-0.25, -0.2) is 4.39 Å². The number of carbonyl (C=O) groups excluding carboxylic acids is 2. The highest BCUT2D eigenvalue weighted by Crippen LogP contribution is 2.47.